The van der Waals surface area contributed by atoms with Gasteiger partial charge in [-0.15, -0.1) is 0 Å². The Morgan fingerprint density at radius 1 is 1.17 bits per heavy atom. The fourth-order valence-electron chi connectivity index (χ4n) is 2.93. The van der Waals surface area contributed by atoms with Crippen molar-refractivity contribution in [1.82, 2.24) is 9.97 Å². The van der Waals surface area contributed by atoms with E-state index in [0.717, 1.165) is 22.3 Å². The molecule has 118 valence electrons. The molecule has 24 heavy (non-hydrogen) atoms. The van der Waals surface area contributed by atoms with Crippen LogP contribution < -0.4 is 0 Å². The summed E-state index contributed by atoms with van der Waals surface area (Å²) in [6.07, 6.45) is 4.69. The summed E-state index contributed by atoms with van der Waals surface area (Å²) < 4.78 is 14.1. The highest BCUT2D eigenvalue weighted by Gasteiger charge is 2.14. The van der Waals surface area contributed by atoms with Crippen molar-refractivity contribution in [3.05, 3.63) is 64.3 Å². The second kappa shape index (κ2) is 6.38. The molecule has 2 aromatic carbocycles. The molecule has 0 atom stereocenters. The van der Waals surface area contributed by atoms with Crippen LogP contribution >= 0.6 is 11.6 Å². The number of nitrogens with zero attached hydrogens (tertiary/aromatic N) is 3. The number of halogens is 2. The number of rotatable bonds is 2. The average molecular weight is 338 g/mol. The summed E-state index contributed by atoms with van der Waals surface area (Å²) in [5.41, 5.74) is 5.05. The van der Waals surface area contributed by atoms with E-state index in [4.69, 9.17) is 16.9 Å². The first-order chi connectivity index (χ1) is 11.5. The van der Waals surface area contributed by atoms with Crippen LogP contribution in [0.5, 0.6) is 0 Å². The standard InChI is InChI=1S/C19H13ClFN3/c1-11-6-13(4-3-5-22)7-12(2)17(11)16-9-15(21)8-14-10-23-19(20)24-18(14)16/h3-4,6-10H,1-2H3/b4-3+. The lowest BCUT2D eigenvalue weighted by atomic mass is 9.92. The first kappa shape index (κ1) is 16.1. The number of aromatic nitrogens is 2. The molecular weight excluding hydrogens is 325 g/mol. The smallest absolute Gasteiger partial charge is 0.222 e. The predicted octanol–water partition coefficient (Wildman–Crippen LogP) is 5.24. The third-order valence-electron chi connectivity index (χ3n) is 3.79. The molecule has 0 unspecified atom stereocenters. The Kier molecular flexibility index (Phi) is 4.28. The third kappa shape index (κ3) is 2.99. The molecule has 3 rings (SSSR count). The quantitative estimate of drug-likeness (QED) is 0.474. The van der Waals surface area contributed by atoms with Gasteiger partial charge in [0.1, 0.15) is 5.82 Å². The van der Waals surface area contributed by atoms with Crippen LogP contribution in [0.1, 0.15) is 16.7 Å². The van der Waals surface area contributed by atoms with Crippen LogP contribution in [0.25, 0.3) is 28.1 Å². The van der Waals surface area contributed by atoms with E-state index in [1.54, 1.807) is 6.08 Å². The maximum Gasteiger partial charge on any atom is 0.222 e. The van der Waals surface area contributed by atoms with Gasteiger partial charge in [0.05, 0.1) is 11.6 Å². The summed E-state index contributed by atoms with van der Waals surface area (Å²) in [5, 5.41) is 9.39. The average Bonchev–Trinajstić information content (AvgIpc) is 2.52. The van der Waals surface area contributed by atoms with E-state index in [0.29, 0.717) is 16.5 Å². The molecule has 0 N–H and O–H groups in total. The van der Waals surface area contributed by atoms with Gasteiger partial charge in [-0.3, -0.25) is 0 Å². The molecule has 1 aromatic heterocycles. The summed E-state index contributed by atoms with van der Waals surface area (Å²) >= 11 is 5.92. The van der Waals surface area contributed by atoms with Crippen LogP contribution in [0, 0.1) is 31.0 Å². The van der Waals surface area contributed by atoms with Crippen LogP contribution in [0.3, 0.4) is 0 Å². The van der Waals surface area contributed by atoms with E-state index in [1.807, 2.05) is 32.0 Å². The van der Waals surface area contributed by atoms with Gasteiger partial charge in [0.2, 0.25) is 5.28 Å². The van der Waals surface area contributed by atoms with Gasteiger partial charge < -0.3 is 0 Å². The Balaban J connectivity index is 2.30. The molecular formula is C19H13ClFN3. The number of benzene rings is 2. The molecule has 5 heteroatoms. The summed E-state index contributed by atoms with van der Waals surface area (Å²) in [7, 11) is 0. The number of aryl methyl sites for hydroxylation is 2. The molecule has 0 aliphatic rings. The highest BCUT2D eigenvalue weighted by Crippen LogP contribution is 2.34. The summed E-state index contributed by atoms with van der Waals surface area (Å²) in [6, 6.07) is 8.74. The summed E-state index contributed by atoms with van der Waals surface area (Å²) in [6.45, 7) is 3.90. The van der Waals surface area contributed by atoms with E-state index in [-0.39, 0.29) is 11.1 Å². The SMILES string of the molecule is Cc1cc(/C=C/C#N)cc(C)c1-c1cc(F)cc2cnc(Cl)nc12. The Labute approximate surface area is 144 Å². The maximum atomic E-state index is 14.1. The second-order valence-corrected chi connectivity index (χ2v) is 5.86. The summed E-state index contributed by atoms with van der Waals surface area (Å²) in [5.74, 6) is -0.351. The highest BCUT2D eigenvalue weighted by molar-refractivity contribution is 6.28. The van der Waals surface area contributed by atoms with Crippen molar-refractivity contribution in [2.75, 3.05) is 0 Å². The van der Waals surface area contributed by atoms with E-state index < -0.39 is 0 Å². The van der Waals surface area contributed by atoms with E-state index in [9.17, 15) is 4.39 Å². The molecule has 0 saturated carbocycles. The molecule has 0 bridgehead atoms. The van der Waals surface area contributed by atoms with Crippen molar-refractivity contribution in [2.24, 2.45) is 0 Å². The first-order valence-corrected chi connectivity index (χ1v) is 7.67. The minimum absolute atomic E-state index is 0.124. The van der Waals surface area contributed by atoms with Gasteiger partial charge in [-0.1, -0.05) is 12.1 Å². The molecule has 3 aromatic rings. The van der Waals surface area contributed by atoms with Crippen molar-refractivity contribution in [3.8, 4) is 17.2 Å². The van der Waals surface area contributed by atoms with Crippen molar-refractivity contribution in [1.29, 1.82) is 5.26 Å². The van der Waals surface area contributed by atoms with Crippen LogP contribution in [-0.4, -0.2) is 9.97 Å². The van der Waals surface area contributed by atoms with Crippen LogP contribution in [0.2, 0.25) is 5.28 Å². The van der Waals surface area contributed by atoms with E-state index in [2.05, 4.69) is 9.97 Å². The highest BCUT2D eigenvalue weighted by atomic mass is 35.5. The molecule has 1 heterocycles. The molecule has 0 radical (unpaired) electrons. The minimum atomic E-state index is -0.351. The van der Waals surface area contributed by atoms with Crippen molar-refractivity contribution >= 4 is 28.6 Å². The lowest BCUT2D eigenvalue weighted by Crippen LogP contribution is -1.95. The Hall–Kier alpha value is -2.77. The molecule has 0 fully saturated rings. The molecule has 3 nitrogen and oxygen atoms in total. The molecule has 0 saturated heterocycles. The lowest BCUT2D eigenvalue weighted by molar-refractivity contribution is 0.630. The van der Waals surface area contributed by atoms with Gasteiger partial charge in [0.25, 0.3) is 0 Å². The number of hydrogen-bond acceptors (Lipinski definition) is 3. The number of nitriles is 1. The van der Waals surface area contributed by atoms with Gasteiger partial charge in [-0.25, -0.2) is 14.4 Å². The van der Waals surface area contributed by atoms with Crippen molar-refractivity contribution in [2.45, 2.75) is 13.8 Å². The van der Waals surface area contributed by atoms with Crippen LogP contribution in [0.15, 0.2) is 36.5 Å². The maximum absolute atomic E-state index is 14.1. The van der Waals surface area contributed by atoms with Gasteiger partial charge in [0, 0.05) is 23.2 Å². The Morgan fingerprint density at radius 2 is 1.88 bits per heavy atom. The number of fused-ring (bicyclic) bond motifs is 1. The van der Waals surface area contributed by atoms with Gasteiger partial charge in [0.15, 0.2) is 0 Å². The lowest BCUT2D eigenvalue weighted by Gasteiger charge is -2.14. The van der Waals surface area contributed by atoms with Gasteiger partial charge >= 0.3 is 0 Å². The Morgan fingerprint density at radius 3 is 2.54 bits per heavy atom. The normalized spacial score (nSPS) is 11.1. The fourth-order valence-corrected chi connectivity index (χ4v) is 3.06. The largest absolute Gasteiger partial charge is 0.226 e. The zero-order valence-corrected chi connectivity index (χ0v) is 13.9. The second-order valence-electron chi connectivity index (χ2n) is 5.52. The first-order valence-electron chi connectivity index (χ1n) is 7.29. The third-order valence-corrected chi connectivity index (χ3v) is 3.98. The number of hydrogen-bond donors (Lipinski definition) is 0. The summed E-state index contributed by atoms with van der Waals surface area (Å²) in [4.78, 5) is 8.20. The zero-order chi connectivity index (χ0) is 17.3. The Bertz CT molecular complexity index is 996. The van der Waals surface area contributed by atoms with E-state index in [1.165, 1.54) is 24.4 Å². The number of allylic oxidation sites excluding steroid dienone is 1. The van der Waals surface area contributed by atoms with Crippen molar-refractivity contribution in [3.63, 3.8) is 0 Å². The van der Waals surface area contributed by atoms with Gasteiger partial charge in [-0.2, -0.15) is 5.26 Å². The van der Waals surface area contributed by atoms with Crippen LogP contribution in [-0.2, 0) is 0 Å². The monoisotopic (exact) mass is 337 g/mol. The molecule has 0 amide bonds. The van der Waals surface area contributed by atoms with Crippen LogP contribution in [0.4, 0.5) is 4.39 Å². The molecule has 0 aliphatic carbocycles. The van der Waals surface area contributed by atoms with Gasteiger partial charge in [-0.05, 0) is 65.9 Å². The predicted molar refractivity (Wildman–Crippen MR) is 94.1 cm³/mol. The minimum Gasteiger partial charge on any atom is -0.226 e. The zero-order valence-electron chi connectivity index (χ0n) is 13.1. The fraction of sp³-hybridized carbons (Fsp3) is 0.105. The van der Waals surface area contributed by atoms with E-state index >= 15 is 0 Å². The molecule has 0 spiro atoms. The van der Waals surface area contributed by atoms with Crippen molar-refractivity contribution < 1.29 is 4.39 Å². The topological polar surface area (TPSA) is 49.6 Å². The molecule has 0 aliphatic heterocycles.